The fraction of sp³-hybridized carbons (Fsp3) is 0.611. The van der Waals surface area contributed by atoms with Gasteiger partial charge in [-0.3, -0.25) is 4.79 Å². The van der Waals surface area contributed by atoms with Gasteiger partial charge in [0, 0.05) is 13.6 Å². The zero-order chi connectivity index (χ0) is 18.1. The number of halogens is 1. The summed E-state index contributed by atoms with van der Waals surface area (Å²) in [6, 6.07) is 6.80. The lowest BCUT2D eigenvalue weighted by Gasteiger charge is -2.24. The highest BCUT2D eigenvalue weighted by Gasteiger charge is 2.21. The Morgan fingerprint density at radius 2 is 1.84 bits per heavy atom. The van der Waals surface area contributed by atoms with E-state index in [4.69, 9.17) is 15.2 Å². The van der Waals surface area contributed by atoms with Gasteiger partial charge in [-0.2, -0.15) is 0 Å². The molecular formula is C18H31ClN2O4. The van der Waals surface area contributed by atoms with Crippen LogP contribution < -0.4 is 5.73 Å². The lowest BCUT2D eigenvalue weighted by atomic mass is 10.0. The highest BCUT2D eigenvalue weighted by Crippen LogP contribution is 2.14. The first kappa shape index (κ1) is 23.8. The normalized spacial score (nSPS) is 13.2. The topological polar surface area (TPSA) is 85.0 Å². The van der Waals surface area contributed by atoms with Gasteiger partial charge in [0.2, 0.25) is 5.91 Å². The summed E-state index contributed by atoms with van der Waals surface area (Å²) in [6.45, 7) is 7.10. The molecule has 0 aliphatic carbocycles. The summed E-state index contributed by atoms with van der Waals surface area (Å²) in [5.41, 5.74) is 7.88. The van der Waals surface area contributed by atoms with E-state index in [1.54, 1.807) is 7.05 Å². The second-order valence-corrected chi connectivity index (χ2v) is 6.26. The highest BCUT2D eigenvalue weighted by atomic mass is 35.5. The monoisotopic (exact) mass is 374 g/mol. The Bertz CT molecular complexity index is 496. The first-order valence-electron chi connectivity index (χ1n) is 8.25. The number of nitrogens with zero attached hydrogens (tertiary/aromatic N) is 1. The Morgan fingerprint density at radius 1 is 1.24 bits per heavy atom. The second kappa shape index (κ2) is 12.2. The van der Waals surface area contributed by atoms with Crippen molar-refractivity contribution in [2.24, 2.45) is 5.73 Å². The summed E-state index contributed by atoms with van der Waals surface area (Å²) in [5.74, 6) is -0.235. The van der Waals surface area contributed by atoms with Gasteiger partial charge in [-0.15, -0.1) is 12.4 Å². The van der Waals surface area contributed by atoms with Gasteiger partial charge in [-0.25, -0.2) is 0 Å². The van der Waals surface area contributed by atoms with Gasteiger partial charge in [-0.05, 0) is 26.3 Å². The Labute approximate surface area is 156 Å². The number of amides is 1. The van der Waals surface area contributed by atoms with Crippen molar-refractivity contribution >= 4 is 18.3 Å². The van der Waals surface area contributed by atoms with Gasteiger partial charge >= 0.3 is 0 Å². The molecule has 1 rings (SSSR count). The molecule has 25 heavy (non-hydrogen) atoms. The molecule has 1 amide bonds. The van der Waals surface area contributed by atoms with Crippen LogP contribution in [-0.2, 0) is 14.3 Å². The maximum Gasteiger partial charge on any atom is 0.243 e. The van der Waals surface area contributed by atoms with Crippen molar-refractivity contribution in [1.82, 2.24) is 4.90 Å². The third-order valence-electron chi connectivity index (χ3n) is 3.55. The standard InChI is InChI=1S/C18H30N2O4.ClH/c1-13(2)24-10-9-23-12-16(21)11-20(4)18(22)17(19)15-7-5-14(3)6-8-15;/h5-8,13,16-17,21H,9-12,19H2,1-4H3;1H. The number of ether oxygens (including phenoxy) is 2. The molecule has 0 spiro atoms. The van der Waals surface area contributed by atoms with Crippen LogP contribution in [0.5, 0.6) is 0 Å². The van der Waals surface area contributed by atoms with Gasteiger partial charge in [-0.1, -0.05) is 29.8 Å². The number of hydrogen-bond donors (Lipinski definition) is 2. The molecule has 0 saturated carbocycles. The molecule has 0 saturated heterocycles. The van der Waals surface area contributed by atoms with E-state index >= 15 is 0 Å². The van der Waals surface area contributed by atoms with Crippen LogP contribution in [0.25, 0.3) is 0 Å². The molecule has 1 aromatic carbocycles. The average Bonchev–Trinajstić information content (AvgIpc) is 2.53. The minimum absolute atomic E-state index is 0. The molecule has 0 radical (unpaired) electrons. The Hall–Kier alpha value is -1.18. The smallest absolute Gasteiger partial charge is 0.243 e. The highest BCUT2D eigenvalue weighted by molar-refractivity contribution is 5.85. The summed E-state index contributed by atoms with van der Waals surface area (Å²) in [6.07, 6.45) is -0.603. The fourth-order valence-electron chi connectivity index (χ4n) is 2.17. The van der Waals surface area contributed by atoms with Crippen LogP contribution in [0.4, 0.5) is 0 Å². The predicted octanol–water partition coefficient (Wildman–Crippen LogP) is 1.68. The van der Waals surface area contributed by atoms with Crippen LogP contribution in [0.15, 0.2) is 24.3 Å². The van der Waals surface area contributed by atoms with Crippen LogP contribution in [0.1, 0.15) is 31.0 Å². The van der Waals surface area contributed by atoms with E-state index in [1.807, 2.05) is 45.0 Å². The molecule has 0 aliphatic heterocycles. The van der Waals surface area contributed by atoms with Gasteiger partial charge in [0.1, 0.15) is 6.04 Å². The third kappa shape index (κ3) is 9.18. The molecule has 144 valence electrons. The third-order valence-corrected chi connectivity index (χ3v) is 3.55. The number of nitrogens with two attached hydrogens (primary N) is 1. The van der Waals surface area contributed by atoms with Crippen LogP contribution in [0.3, 0.4) is 0 Å². The molecule has 6 nitrogen and oxygen atoms in total. The zero-order valence-electron chi connectivity index (χ0n) is 15.5. The van der Waals surface area contributed by atoms with Gasteiger partial charge in [0.15, 0.2) is 0 Å². The zero-order valence-corrected chi connectivity index (χ0v) is 16.3. The lowest BCUT2D eigenvalue weighted by molar-refractivity contribution is -0.133. The van der Waals surface area contributed by atoms with E-state index in [1.165, 1.54) is 4.90 Å². The number of aliphatic hydroxyl groups excluding tert-OH is 1. The Morgan fingerprint density at radius 3 is 2.40 bits per heavy atom. The summed E-state index contributed by atoms with van der Waals surface area (Å²) in [5, 5.41) is 9.97. The summed E-state index contributed by atoms with van der Waals surface area (Å²) in [7, 11) is 1.63. The van der Waals surface area contributed by atoms with Crippen LogP contribution in [0, 0.1) is 6.92 Å². The van der Waals surface area contributed by atoms with Crippen molar-refractivity contribution < 1.29 is 19.4 Å². The van der Waals surface area contributed by atoms with Crippen molar-refractivity contribution in [2.75, 3.05) is 33.4 Å². The summed E-state index contributed by atoms with van der Waals surface area (Å²) >= 11 is 0. The molecular weight excluding hydrogens is 344 g/mol. The number of aryl methyl sites for hydroxylation is 1. The van der Waals surface area contributed by atoms with Gasteiger partial charge < -0.3 is 25.2 Å². The van der Waals surface area contributed by atoms with Crippen LogP contribution in [0.2, 0.25) is 0 Å². The van der Waals surface area contributed by atoms with Crippen molar-refractivity contribution in [3.8, 4) is 0 Å². The molecule has 2 atom stereocenters. The summed E-state index contributed by atoms with van der Waals surface area (Å²) in [4.78, 5) is 13.8. The molecule has 0 aliphatic rings. The van der Waals surface area contributed by atoms with Gasteiger partial charge in [0.05, 0.1) is 32.0 Å². The largest absolute Gasteiger partial charge is 0.389 e. The number of hydrogen-bond acceptors (Lipinski definition) is 5. The van der Waals surface area contributed by atoms with Crippen LogP contribution in [-0.4, -0.2) is 61.5 Å². The molecule has 7 heteroatoms. The molecule has 3 N–H and O–H groups in total. The Kier molecular flexibility index (Phi) is 11.6. The number of benzene rings is 1. The summed E-state index contributed by atoms with van der Waals surface area (Å²) < 4.78 is 10.7. The SMILES string of the molecule is Cc1ccc(C(N)C(=O)N(C)CC(O)COCCOC(C)C)cc1.Cl. The van der Waals surface area contributed by atoms with Crippen molar-refractivity contribution in [3.63, 3.8) is 0 Å². The van der Waals surface area contributed by atoms with E-state index in [2.05, 4.69) is 0 Å². The van der Waals surface area contributed by atoms with E-state index in [0.29, 0.717) is 13.2 Å². The first-order chi connectivity index (χ1) is 11.3. The number of rotatable bonds is 10. The fourth-order valence-corrected chi connectivity index (χ4v) is 2.17. The predicted molar refractivity (Wildman–Crippen MR) is 101 cm³/mol. The van der Waals surface area contributed by atoms with E-state index < -0.39 is 12.1 Å². The van der Waals surface area contributed by atoms with Crippen molar-refractivity contribution in [3.05, 3.63) is 35.4 Å². The molecule has 0 heterocycles. The second-order valence-electron chi connectivity index (χ2n) is 6.26. The van der Waals surface area contributed by atoms with Crippen molar-refractivity contribution in [1.29, 1.82) is 0 Å². The number of carbonyl (C=O) groups excluding carboxylic acids is 1. The average molecular weight is 375 g/mol. The lowest BCUT2D eigenvalue weighted by Crippen LogP contribution is -2.41. The maximum absolute atomic E-state index is 12.3. The number of carbonyl (C=O) groups is 1. The minimum atomic E-state index is -0.761. The van der Waals surface area contributed by atoms with Crippen molar-refractivity contribution in [2.45, 2.75) is 39.0 Å². The maximum atomic E-state index is 12.3. The van der Waals surface area contributed by atoms with Gasteiger partial charge in [0.25, 0.3) is 0 Å². The van der Waals surface area contributed by atoms with Crippen LogP contribution >= 0.6 is 12.4 Å². The molecule has 2 unspecified atom stereocenters. The molecule has 1 aromatic rings. The minimum Gasteiger partial charge on any atom is -0.389 e. The molecule has 0 fully saturated rings. The van der Waals surface area contributed by atoms with E-state index in [0.717, 1.165) is 11.1 Å². The Balaban J connectivity index is 0.00000576. The molecule has 0 bridgehead atoms. The van der Waals surface area contributed by atoms with E-state index in [9.17, 15) is 9.90 Å². The number of likely N-dealkylation sites (N-methyl/N-ethyl adjacent to an activating group) is 1. The quantitative estimate of drug-likeness (QED) is 0.608. The van der Waals surface area contributed by atoms with E-state index in [-0.39, 0.29) is 37.6 Å². The molecule has 0 aromatic heterocycles. The number of aliphatic hydroxyl groups is 1. The first-order valence-corrected chi connectivity index (χ1v) is 8.25.